The fraction of sp³-hybridized carbons (Fsp3) is 0.250. The Kier molecular flexibility index (Phi) is 8.17. The summed E-state index contributed by atoms with van der Waals surface area (Å²) >= 11 is 0. The van der Waals surface area contributed by atoms with Crippen LogP contribution in [0.4, 0.5) is 0 Å². The van der Waals surface area contributed by atoms with E-state index in [-0.39, 0.29) is 5.91 Å². The number of hydrogen-bond donors (Lipinski definition) is 3. The number of methoxy groups -OCH3 is 1. The minimum Gasteiger partial charge on any atom is -0.497 e. The second-order valence-electron chi connectivity index (χ2n) is 11.9. The molecular formula is C36H38N6O2. The lowest BCUT2D eigenvalue weighted by Crippen LogP contribution is -2.50. The van der Waals surface area contributed by atoms with E-state index < -0.39 is 11.6 Å². The highest BCUT2D eigenvalue weighted by Crippen LogP contribution is 2.27. The summed E-state index contributed by atoms with van der Waals surface area (Å²) in [6.45, 7) is 3.97. The van der Waals surface area contributed by atoms with Gasteiger partial charge in [-0.1, -0.05) is 72.8 Å². The highest BCUT2D eigenvalue weighted by atomic mass is 16.5. The van der Waals surface area contributed by atoms with Crippen molar-refractivity contribution in [3.8, 4) is 5.75 Å². The van der Waals surface area contributed by atoms with Crippen molar-refractivity contribution in [2.24, 2.45) is 5.73 Å². The molecule has 0 aliphatic heterocycles. The van der Waals surface area contributed by atoms with E-state index in [2.05, 4.69) is 69.6 Å². The van der Waals surface area contributed by atoms with Crippen LogP contribution in [-0.2, 0) is 30.6 Å². The van der Waals surface area contributed by atoms with E-state index in [1.807, 2.05) is 42.5 Å². The first kappa shape index (κ1) is 29.1. The first-order chi connectivity index (χ1) is 21.3. The van der Waals surface area contributed by atoms with E-state index in [4.69, 9.17) is 20.7 Å². The highest BCUT2D eigenvalue weighted by Gasteiger charge is 2.29. The monoisotopic (exact) mass is 586 g/mol. The second kappa shape index (κ2) is 12.3. The maximum atomic E-state index is 13.3. The maximum absolute atomic E-state index is 13.3. The van der Waals surface area contributed by atoms with Gasteiger partial charge in [-0.25, -0.2) is 0 Å². The van der Waals surface area contributed by atoms with E-state index in [1.165, 1.54) is 10.9 Å². The summed E-state index contributed by atoms with van der Waals surface area (Å²) in [7, 11) is 1.66. The average molecular weight is 587 g/mol. The quantitative estimate of drug-likeness (QED) is 0.175. The van der Waals surface area contributed by atoms with Gasteiger partial charge in [0, 0.05) is 29.9 Å². The lowest BCUT2D eigenvalue weighted by Gasteiger charge is -2.25. The zero-order valence-electron chi connectivity index (χ0n) is 25.4. The van der Waals surface area contributed by atoms with E-state index in [1.54, 1.807) is 21.0 Å². The molecule has 224 valence electrons. The standard InChI is InChI=1S/C36H38N6O2/c1-36(2,37)35(43)39-32(21-26-11-8-10-25-9-4-5-12-29(25)26)34-41-40-33(42(34)23-24-15-18-28(44-3)19-16-24)20-17-27-22-38-31-14-7-6-13-30(27)31/h4-16,18-19,22,32,38H,17,20-21,23,37H2,1-3H3,(H,39,43). The van der Waals surface area contributed by atoms with Crippen molar-refractivity contribution in [1.82, 2.24) is 25.1 Å². The van der Waals surface area contributed by atoms with Crippen molar-refractivity contribution in [2.75, 3.05) is 7.11 Å². The number of carbonyl (C=O) groups is 1. The molecule has 8 nitrogen and oxygen atoms in total. The number of rotatable bonds is 11. The lowest BCUT2D eigenvalue weighted by atomic mass is 9.97. The molecule has 0 aliphatic carbocycles. The highest BCUT2D eigenvalue weighted by molar-refractivity contribution is 5.87. The molecule has 1 atom stereocenters. The molecule has 1 amide bonds. The van der Waals surface area contributed by atoms with E-state index in [0.29, 0.717) is 25.2 Å². The fourth-order valence-electron chi connectivity index (χ4n) is 5.70. The molecule has 4 aromatic carbocycles. The Bertz CT molecular complexity index is 1890. The SMILES string of the molecule is COc1ccc(Cn2c(CCc3c[nH]c4ccccc34)nnc2C(Cc2cccc3ccccc23)NC(=O)C(C)(C)N)cc1. The molecule has 0 radical (unpaired) electrons. The van der Waals surface area contributed by atoms with Crippen LogP contribution in [0.15, 0.2) is 97.2 Å². The van der Waals surface area contributed by atoms with Crippen LogP contribution in [0.2, 0.25) is 0 Å². The number of amides is 1. The Hall–Kier alpha value is -4.95. The summed E-state index contributed by atoms with van der Waals surface area (Å²) < 4.78 is 7.54. The zero-order chi connectivity index (χ0) is 30.7. The number of nitrogens with two attached hydrogens (primary N) is 1. The van der Waals surface area contributed by atoms with Gasteiger partial charge in [0.1, 0.15) is 11.6 Å². The number of fused-ring (bicyclic) bond motifs is 2. The second-order valence-corrected chi connectivity index (χ2v) is 11.9. The van der Waals surface area contributed by atoms with Crippen molar-refractivity contribution in [3.05, 3.63) is 126 Å². The van der Waals surface area contributed by atoms with Gasteiger partial charge in [-0.2, -0.15) is 0 Å². The molecule has 6 rings (SSSR count). The fourth-order valence-corrected chi connectivity index (χ4v) is 5.70. The van der Waals surface area contributed by atoms with Gasteiger partial charge in [-0.15, -0.1) is 10.2 Å². The Labute approximate surface area is 257 Å². The van der Waals surface area contributed by atoms with E-state index >= 15 is 0 Å². The molecule has 0 saturated carbocycles. The van der Waals surface area contributed by atoms with Gasteiger partial charge >= 0.3 is 0 Å². The van der Waals surface area contributed by atoms with Crippen LogP contribution in [0.1, 0.15) is 48.2 Å². The first-order valence-corrected chi connectivity index (χ1v) is 15.0. The number of nitrogens with zero attached hydrogens (tertiary/aromatic N) is 3. The number of carbonyl (C=O) groups excluding carboxylic acids is 1. The Morgan fingerprint density at radius 2 is 1.64 bits per heavy atom. The number of ether oxygens (including phenoxy) is 1. The van der Waals surface area contributed by atoms with Gasteiger partial charge in [0.05, 0.1) is 25.2 Å². The molecular weight excluding hydrogens is 548 g/mol. The zero-order valence-corrected chi connectivity index (χ0v) is 25.4. The molecule has 44 heavy (non-hydrogen) atoms. The van der Waals surface area contributed by atoms with Crippen molar-refractivity contribution < 1.29 is 9.53 Å². The minimum absolute atomic E-state index is 0.248. The number of aromatic amines is 1. The predicted octanol–water partition coefficient (Wildman–Crippen LogP) is 5.89. The normalized spacial score (nSPS) is 12.5. The van der Waals surface area contributed by atoms with Gasteiger partial charge in [-0.05, 0) is 65.9 Å². The van der Waals surface area contributed by atoms with Gasteiger partial charge in [0.2, 0.25) is 5.91 Å². The topological polar surface area (TPSA) is 111 Å². The van der Waals surface area contributed by atoms with Crippen LogP contribution in [0.25, 0.3) is 21.7 Å². The average Bonchev–Trinajstić information content (AvgIpc) is 3.63. The molecule has 1 unspecified atom stereocenters. The smallest absolute Gasteiger partial charge is 0.240 e. The molecule has 0 bridgehead atoms. The molecule has 0 saturated heterocycles. The molecule has 2 aromatic heterocycles. The number of para-hydroxylation sites is 1. The number of hydrogen-bond acceptors (Lipinski definition) is 5. The Balaban J connectivity index is 1.40. The molecule has 2 heterocycles. The number of benzene rings is 4. The molecule has 0 fully saturated rings. The molecule has 6 aromatic rings. The Morgan fingerprint density at radius 3 is 2.41 bits per heavy atom. The van der Waals surface area contributed by atoms with Crippen LogP contribution < -0.4 is 15.8 Å². The number of aryl methyl sites for hydroxylation is 2. The largest absolute Gasteiger partial charge is 0.497 e. The van der Waals surface area contributed by atoms with Crippen molar-refractivity contribution in [3.63, 3.8) is 0 Å². The van der Waals surface area contributed by atoms with Crippen molar-refractivity contribution in [1.29, 1.82) is 0 Å². The first-order valence-electron chi connectivity index (χ1n) is 15.0. The number of aromatic nitrogens is 4. The summed E-state index contributed by atoms with van der Waals surface area (Å²) in [6, 6.07) is 30.4. The minimum atomic E-state index is -1.06. The third kappa shape index (κ3) is 6.21. The third-order valence-electron chi connectivity index (χ3n) is 8.15. The van der Waals surface area contributed by atoms with Crippen molar-refractivity contribution in [2.45, 2.75) is 51.2 Å². The van der Waals surface area contributed by atoms with Crippen LogP contribution in [0.5, 0.6) is 5.75 Å². The van der Waals surface area contributed by atoms with E-state index in [9.17, 15) is 4.79 Å². The van der Waals surface area contributed by atoms with Gasteiger partial charge in [0.25, 0.3) is 0 Å². The Morgan fingerprint density at radius 1 is 0.909 bits per heavy atom. The van der Waals surface area contributed by atoms with Gasteiger partial charge in [0.15, 0.2) is 5.82 Å². The summed E-state index contributed by atoms with van der Waals surface area (Å²) in [4.78, 5) is 16.7. The summed E-state index contributed by atoms with van der Waals surface area (Å²) in [6.07, 6.45) is 4.08. The molecule has 0 aliphatic rings. The van der Waals surface area contributed by atoms with Crippen LogP contribution in [-0.4, -0.2) is 38.3 Å². The predicted molar refractivity (Wildman–Crippen MR) is 175 cm³/mol. The summed E-state index contributed by atoms with van der Waals surface area (Å²) in [5, 5.41) is 16.2. The third-order valence-corrected chi connectivity index (χ3v) is 8.15. The number of H-pyrrole nitrogens is 1. The molecule has 4 N–H and O–H groups in total. The van der Waals surface area contributed by atoms with Crippen molar-refractivity contribution >= 4 is 27.6 Å². The van der Waals surface area contributed by atoms with Gasteiger partial charge < -0.3 is 25.3 Å². The molecule has 0 spiro atoms. The maximum Gasteiger partial charge on any atom is 0.240 e. The number of nitrogens with one attached hydrogen (secondary N) is 2. The molecule has 8 heteroatoms. The van der Waals surface area contributed by atoms with Crippen LogP contribution in [0.3, 0.4) is 0 Å². The van der Waals surface area contributed by atoms with Crippen LogP contribution in [0, 0.1) is 0 Å². The van der Waals surface area contributed by atoms with Crippen LogP contribution >= 0.6 is 0 Å². The van der Waals surface area contributed by atoms with Gasteiger partial charge in [-0.3, -0.25) is 4.79 Å². The van der Waals surface area contributed by atoms with E-state index in [0.717, 1.165) is 45.4 Å². The lowest BCUT2D eigenvalue weighted by molar-refractivity contribution is -0.126. The summed E-state index contributed by atoms with van der Waals surface area (Å²) in [5.41, 5.74) is 9.74. The summed E-state index contributed by atoms with van der Waals surface area (Å²) in [5.74, 6) is 2.09.